The molecule has 2 bridgehead atoms. The van der Waals surface area contributed by atoms with Crippen molar-refractivity contribution in [2.75, 3.05) is 19.6 Å². The van der Waals surface area contributed by atoms with Gasteiger partial charge in [-0.15, -0.1) is 0 Å². The van der Waals surface area contributed by atoms with Crippen molar-refractivity contribution in [3.63, 3.8) is 0 Å². The number of para-hydroxylation sites is 2. The first-order chi connectivity index (χ1) is 12.7. The Kier molecular flexibility index (Phi) is 4.02. The summed E-state index contributed by atoms with van der Waals surface area (Å²) in [6.45, 7) is 7.48. The molecule has 0 spiro atoms. The van der Waals surface area contributed by atoms with Crippen molar-refractivity contribution in [2.45, 2.75) is 38.9 Å². The van der Waals surface area contributed by atoms with E-state index in [0.717, 1.165) is 42.4 Å². The van der Waals surface area contributed by atoms with Crippen molar-refractivity contribution in [1.29, 1.82) is 0 Å². The molecule has 3 aliphatic rings. The molecule has 0 unspecified atom stereocenters. The summed E-state index contributed by atoms with van der Waals surface area (Å²) in [5, 5.41) is 0. The highest BCUT2D eigenvalue weighted by atomic mass is 15.3. The second-order valence-corrected chi connectivity index (χ2v) is 7.90. The topological polar surface area (TPSA) is 63.8 Å². The number of nitrogens with zero attached hydrogens (tertiary/aromatic N) is 4. The summed E-state index contributed by atoms with van der Waals surface area (Å²) >= 11 is 0. The number of fused-ring (bicyclic) bond motifs is 5. The maximum atomic E-state index is 4.79. The Morgan fingerprint density at radius 3 is 2.88 bits per heavy atom. The van der Waals surface area contributed by atoms with E-state index in [-0.39, 0.29) is 0 Å². The molecule has 2 aromatic heterocycles. The molecule has 6 rings (SSSR count). The highest BCUT2D eigenvalue weighted by Gasteiger charge is 2.35. The first kappa shape index (κ1) is 16.0. The summed E-state index contributed by atoms with van der Waals surface area (Å²) in [4.78, 5) is 21.2. The van der Waals surface area contributed by atoms with E-state index in [2.05, 4.69) is 55.9 Å². The van der Waals surface area contributed by atoms with Crippen LogP contribution in [0, 0.1) is 12.8 Å². The molecule has 2 atom stereocenters. The summed E-state index contributed by atoms with van der Waals surface area (Å²) in [6.07, 6.45) is 4.45. The van der Waals surface area contributed by atoms with E-state index in [4.69, 9.17) is 4.98 Å². The highest BCUT2D eigenvalue weighted by molar-refractivity contribution is 5.74. The number of aryl methyl sites for hydroxylation is 1. The fourth-order valence-corrected chi connectivity index (χ4v) is 4.63. The minimum absolute atomic E-state index is 0.612. The zero-order valence-electron chi connectivity index (χ0n) is 15.3. The Bertz CT molecular complexity index is 863. The number of aromatic nitrogens is 4. The van der Waals surface area contributed by atoms with Crippen molar-refractivity contribution >= 4 is 11.0 Å². The standard InChI is InChI=1S/C20H26N6/c1-14-19(22-13-21-14)11-25-8-15-6-7-16(10-25)26(9-15)12-20-23-17-4-2-3-5-18(17)24-20/h2-5,13,15-16H,6-12H2,1H3,(H,21,22)(H,23,24)/t15-,16+/m0/s1. The third-order valence-electron chi connectivity index (χ3n) is 6.00. The van der Waals surface area contributed by atoms with Gasteiger partial charge in [0.15, 0.2) is 0 Å². The fourth-order valence-electron chi connectivity index (χ4n) is 4.63. The van der Waals surface area contributed by atoms with Crippen molar-refractivity contribution in [1.82, 2.24) is 29.7 Å². The van der Waals surface area contributed by atoms with Gasteiger partial charge in [-0.3, -0.25) is 9.80 Å². The summed E-state index contributed by atoms with van der Waals surface area (Å²) in [7, 11) is 0. The van der Waals surface area contributed by atoms with E-state index in [1.54, 1.807) is 0 Å². The Morgan fingerprint density at radius 1 is 1.12 bits per heavy atom. The molecule has 26 heavy (non-hydrogen) atoms. The molecule has 0 radical (unpaired) electrons. The van der Waals surface area contributed by atoms with Crippen LogP contribution in [0.2, 0.25) is 0 Å². The van der Waals surface area contributed by atoms with Gasteiger partial charge in [-0.1, -0.05) is 12.1 Å². The number of benzene rings is 1. The molecule has 0 amide bonds. The third kappa shape index (κ3) is 3.04. The lowest BCUT2D eigenvalue weighted by molar-refractivity contribution is 0.120. The van der Waals surface area contributed by atoms with Crippen LogP contribution in [0.5, 0.6) is 0 Å². The minimum atomic E-state index is 0.612. The van der Waals surface area contributed by atoms with Crippen LogP contribution in [0.4, 0.5) is 0 Å². The largest absolute Gasteiger partial charge is 0.348 e. The molecule has 1 aromatic carbocycles. The van der Waals surface area contributed by atoms with Crippen molar-refractivity contribution < 1.29 is 0 Å². The van der Waals surface area contributed by atoms with Crippen molar-refractivity contribution in [3.8, 4) is 0 Å². The molecule has 3 aromatic rings. The van der Waals surface area contributed by atoms with Gasteiger partial charge >= 0.3 is 0 Å². The summed E-state index contributed by atoms with van der Waals surface area (Å²) in [5.74, 6) is 1.84. The summed E-state index contributed by atoms with van der Waals surface area (Å²) in [6, 6.07) is 8.91. The normalized spacial score (nSPS) is 24.3. The number of imidazole rings is 2. The molecule has 3 saturated heterocycles. The van der Waals surface area contributed by atoms with Gasteiger partial charge in [-0.25, -0.2) is 9.97 Å². The van der Waals surface area contributed by atoms with Crippen molar-refractivity contribution in [3.05, 3.63) is 47.8 Å². The molecule has 136 valence electrons. The molecule has 0 aliphatic carbocycles. The fraction of sp³-hybridized carbons (Fsp3) is 0.500. The molecule has 3 aliphatic heterocycles. The van der Waals surface area contributed by atoms with E-state index in [0.29, 0.717) is 6.04 Å². The van der Waals surface area contributed by atoms with Gasteiger partial charge in [0.1, 0.15) is 5.82 Å². The molecule has 5 heterocycles. The van der Waals surface area contributed by atoms with Crippen LogP contribution < -0.4 is 0 Å². The van der Waals surface area contributed by atoms with Gasteiger partial charge in [-0.05, 0) is 37.8 Å². The molecule has 2 N–H and O–H groups in total. The van der Waals surface area contributed by atoms with Gasteiger partial charge in [0.2, 0.25) is 0 Å². The summed E-state index contributed by atoms with van der Waals surface area (Å²) in [5.41, 5.74) is 4.59. The number of hydrogen-bond donors (Lipinski definition) is 2. The third-order valence-corrected chi connectivity index (χ3v) is 6.00. The molecule has 6 nitrogen and oxygen atoms in total. The van der Waals surface area contributed by atoms with Crippen LogP contribution in [0.3, 0.4) is 0 Å². The average Bonchev–Trinajstić information content (AvgIpc) is 3.11. The van der Waals surface area contributed by atoms with Gasteiger partial charge in [0, 0.05) is 37.9 Å². The Labute approximate surface area is 153 Å². The first-order valence-corrected chi connectivity index (χ1v) is 9.63. The number of rotatable bonds is 4. The SMILES string of the molecule is Cc1[nH]cnc1CN1C[C@@H]2CC[C@H](C1)N(Cc1nc3ccccc3[nH]1)C2. The number of piperidine rings is 1. The Morgan fingerprint density at radius 2 is 2.04 bits per heavy atom. The minimum Gasteiger partial charge on any atom is -0.348 e. The molecular weight excluding hydrogens is 324 g/mol. The average molecular weight is 350 g/mol. The van der Waals surface area contributed by atoms with Gasteiger partial charge in [0.05, 0.1) is 29.6 Å². The van der Waals surface area contributed by atoms with E-state index in [1.165, 1.54) is 37.3 Å². The van der Waals surface area contributed by atoms with Gasteiger partial charge in [-0.2, -0.15) is 0 Å². The second-order valence-electron chi connectivity index (χ2n) is 7.90. The predicted octanol–water partition coefficient (Wildman–Crippen LogP) is 2.69. The van der Waals surface area contributed by atoms with E-state index >= 15 is 0 Å². The molecular formula is C20H26N6. The van der Waals surface area contributed by atoms with Crippen molar-refractivity contribution in [2.24, 2.45) is 5.92 Å². The maximum absolute atomic E-state index is 4.79. The number of aromatic amines is 2. The highest BCUT2D eigenvalue weighted by Crippen LogP contribution is 2.30. The van der Waals surface area contributed by atoms with Crippen LogP contribution in [0.1, 0.15) is 30.1 Å². The lowest BCUT2D eigenvalue weighted by atomic mass is 9.95. The lowest BCUT2D eigenvalue weighted by Crippen LogP contribution is -2.43. The van der Waals surface area contributed by atoms with E-state index in [1.807, 2.05) is 6.33 Å². The Balaban J connectivity index is 1.31. The molecule has 3 fully saturated rings. The van der Waals surface area contributed by atoms with Crippen LogP contribution >= 0.6 is 0 Å². The predicted molar refractivity (Wildman–Crippen MR) is 102 cm³/mol. The number of H-pyrrole nitrogens is 2. The quantitative estimate of drug-likeness (QED) is 0.759. The smallest absolute Gasteiger partial charge is 0.121 e. The zero-order chi connectivity index (χ0) is 17.5. The van der Waals surface area contributed by atoms with Gasteiger partial charge < -0.3 is 9.97 Å². The lowest BCUT2D eigenvalue weighted by Gasteiger charge is -2.35. The van der Waals surface area contributed by atoms with Crippen LogP contribution in [-0.2, 0) is 13.1 Å². The van der Waals surface area contributed by atoms with E-state index < -0.39 is 0 Å². The van der Waals surface area contributed by atoms with Crippen LogP contribution in [-0.4, -0.2) is 55.4 Å². The van der Waals surface area contributed by atoms with Gasteiger partial charge in [0.25, 0.3) is 0 Å². The second kappa shape index (κ2) is 6.52. The monoisotopic (exact) mass is 350 g/mol. The Hall–Kier alpha value is -2.18. The maximum Gasteiger partial charge on any atom is 0.121 e. The molecule has 0 saturated carbocycles. The summed E-state index contributed by atoms with van der Waals surface area (Å²) < 4.78 is 0. The molecule has 6 heteroatoms. The number of nitrogens with one attached hydrogen (secondary N) is 2. The first-order valence-electron chi connectivity index (χ1n) is 9.63. The van der Waals surface area contributed by atoms with E-state index in [9.17, 15) is 0 Å². The zero-order valence-corrected chi connectivity index (χ0v) is 15.3. The number of hydrogen-bond acceptors (Lipinski definition) is 4. The van der Waals surface area contributed by atoms with Crippen LogP contribution in [0.15, 0.2) is 30.6 Å². The van der Waals surface area contributed by atoms with Crippen LogP contribution in [0.25, 0.3) is 11.0 Å².